The molecule has 112 valence electrons. The molecule has 0 atom stereocenters. The third-order valence-electron chi connectivity index (χ3n) is 0.829. The van der Waals surface area contributed by atoms with Crippen molar-refractivity contribution in [1.82, 2.24) is 4.13 Å². The van der Waals surface area contributed by atoms with E-state index in [1.807, 2.05) is 6.92 Å². The second kappa shape index (κ2) is 6.03. The minimum atomic E-state index is -6.60. The highest BCUT2D eigenvalue weighted by molar-refractivity contribution is 8.05. The molecule has 0 aliphatic heterocycles. The SMILES string of the molecule is CCN.O=S(=O)(NS(=O)(=O)C(F)(F)F)C(F)(F)F. The Hall–Kier alpha value is -0.600. The van der Waals surface area contributed by atoms with Crippen molar-refractivity contribution in [2.45, 2.75) is 17.9 Å². The van der Waals surface area contributed by atoms with E-state index in [0.717, 1.165) is 6.54 Å². The summed E-state index contributed by atoms with van der Waals surface area (Å²) in [5.41, 5.74) is -7.45. The van der Waals surface area contributed by atoms with Gasteiger partial charge in [-0.3, -0.25) is 0 Å². The van der Waals surface area contributed by atoms with Gasteiger partial charge in [-0.1, -0.05) is 11.1 Å². The predicted molar refractivity (Wildman–Crippen MR) is 47.8 cm³/mol. The van der Waals surface area contributed by atoms with Crippen LogP contribution in [0.3, 0.4) is 0 Å². The summed E-state index contributed by atoms with van der Waals surface area (Å²) in [4.78, 5) is 0. The maximum absolute atomic E-state index is 11.5. The molecule has 0 spiro atoms. The summed E-state index contributed by atoms with van der Waals surface area (Å²) >= 11 is 0. The maximum Gasteiger partial charge on any atom is 0.512 e. The average Bonchev–Trinajstić information content (AvgIpc) is 1.98. The van der Waals surface area contributed by atoms with Crippen LogP contribution in [0.1, 0.15) is 6.92 Å². The van der Waals surface area contributed by atoms with Crippen LogP contribution in [-0.4, -0.2) is 34.4 Å². The lowest BCUT2D eigenvalue weighted by atomic mass is 10.8. The van der Waals surface area contributed by atoms with Crippen LogP contribution < -0.4 is 9.86 Å². The van der Waals surface area contributed by atoms with Gasteiger partial charge in [0.15, 0.2) is 0 Å². The van der Waals surface area contributed by atoms with Gasteiger partial charge >= 0.3 is 31.1 Å². The summed E-state index contributed by atoms with van der Waals surface area (Å²) in [6.07, 6.45) is 0. The quantitative estimate of drug-likeness (QED) is 0.707. The van der Waals surface area contributed by atoms with Crippen LogP contribution in [0.5, 0.6) is 0 Å². The van der Waals surface area contributed by atoms with Crippen molar-refractivity contribution >= 4 is 20.0 Å². The van der Waals surface area contributed by atoms with Gasteiger partial charge in [-0.2, -0.15) is 26.3 Å². The zero-order valence-electron chi connectivity index (χ0n) is 8.50. The van der Waals surface area contributed by atoms with Crippen LogP contribution in [0, 0.1) is 0 Å². The van der Waals surface area contributed by atoms with Crippen LogP contribution in [-0.2, 0) is 20.0 Å². The molecule has 0 aromatic carbocycles. The highest BCUT2D eigenvalue weighted by Crippen LogP contribution is 2.27. The molecule has 6 nitrogen and oxygen atoms in total. The number of sulfonamides is 2. The van der Waals surface area contributed by atoms with E-state index in [4.69, 9.17) is 5.73 Å². The molecule has 0 aliphatic carbocycles. The van der Waals surface area contributed by atoms with Crippen LogP contribution in [0.4, 0.5) is 26.3 Å². The summed E-state index contributed by atoms with van der Waals surface area (Å²) in [5, 5.41) is 0. The van der Waals surface area contributed by atoms with E-state index in [-0.39, 0.29) is 0 Å². The molecule has 0 amide bonds. The fraction of sp³-hybridized carbons (Fsp3) is 1.00. The van der Waals surface area contributed by atoms with E-state index in [2.05, 4.69) is 0 Å². The first-order valence-corrected chi connectivity index (χ1v) is 6.70. The molecule has 0 saturated carbocycles. The summed E-state index contributed by atoms with van der Waals surface area (Å²) in [7, 11) is -13.2. The van der Waals surface area contributed by atoms with Gasteiger partial charge in [0.05, 0.1) is 0 Å². The van der Waals surface area contributed by atoms with Crippen LogP contribution in [0.25, 0.3) is 0 Å². The van der Waals surface area contributed by atoms with Crippen molar-refractivity contribution in [3.05, 3.63) is 0 Å². The molecule has 0 fully saturated rings. The molecule has 3 N–H and O–H groups in total. The minimum Gasteiger partial charge on any atom is -0.331 e. The number of nitrogens with one attached hydrogen (secondary N) is 1. The van der Waals surface area contributed by atoms with E-state index in [1.54, 1.807) is 0 Å². The van der Waals surface area contributed by atoms with Gasteiger partial charge in [0, 0.05) is 0 Å². The van der Waals surface area contributed by atoms with E-state index in [1.165, 1.54) is 0 Å². The van der Waals surface area contributed by atoms with Gasteiger partial charge in [-0.25, -0.2) is 16.8 Å². The number of alkyl halides is 6. The molecule has 0 aliphatic rings. The molecule has 0 aromatic rings. The molecule has 0 rings (SSSR count). The molecule has 0 bridgehead atoms. The van der Waals surface area contributed by atoms with Crippen LogP contribution in [0.15, 0.2) is 0 Å². The molecule has 0 heterocycles. The van der Waals surface area contributed by atoms with E-state index in [9.17, 15) is 43.2 Å². The first-order chi connectivity index (χ1) is 7.62. The lowest BCUT2D eigenvalue weighted by Crippen LogP contribution is -2.45. The normalized spacial score (nSPS) is 13.8. The van der Waals surface area contributed by atoms with Crippen molar-refractivity contribution in [2.24, 2.45) is 5.73 Å². The highest BCUT2D eigenvalue weighted by Gasteiger charge is 2.55. The van der Waals surface area contributed by atoms with Crippen LogP contribution in [0.2, 0.25) is 0 Å². The maximum atomic E-state index is 11.5. The topological polar surface area (TPSA) is 106 Å². The zero-order chi connectivity index (χ0) is 15.4. The summed E-state index contributed by atoms with van der Waals surface area (Å²) in [5.74, 6) is 0. The second-order valence-electron chi connectivity index (χ2n) is 2.39. The molecule has 0 unspecified atom stereocenters. The second-order valence-corrected chi connectivity index (χ2v) is 6.00. The van der Waals surface area contributed by atoms with Gasteiger partial charge in [0.2, 0.25) is 0 Å². The summed E-state index contributed by atoms with van der Waals surface area (Å²) < 4.78 is 108. The number of hydrogen-bond donors (Lipinski definition) is 2. The number of nitrogens with two attached hydrogens (primary N) is 1. The van der Waals surface area contributed by atoms with Gasteiger partial charge in [-0.05, 0) is 6.54 Å². The summed E-state index contributed by atoms with van der Waals surface area (Å²) in [6, 6.07) is 0. The van der Waals surface area contributed by atoms with E-state index in [0.29, 0.717) is 0 Å². The van der Waals surface area contributed by atoms with Gasteiger partial charge < -0.3 is 5.73 Å². The van der Waals surface area contributed by atoms with Crippen molar-refractivity contribution in [2.75, 3.05) is 6.54 Å². The third kappa shape index (κ3) is 5.83. The Balaban J connectivity index is 0. The Morgan fingerprint density at radius 3 is 1.17 bits per heavy atom. The largest absolute Gasteiger partial charge is 0.512 e. The fourth-order valence-electron chi connectivity index (χ4n) is 0.239. The smallest absolute Gasteiger partial charge is 0.331 e. The molecule has 14 heteroatoms. The molecular weight excluding hydrogens is 318 g/mol. The lowest BCUT2D eigenvalue weighted by Gasteiger charge is -2.11. The monoisotopic (exact) mass is 326 g/mol. The standard InChI is InChI=1S/C2HF6NO4S2.C2H7N/c3-1(4,5)14(10,11)9-15(12,13)2(6,7)8;1-2-3/h9H;2-3H2,1H3. The van der Waals surface area contributed by atoms with Crippen molar-refractivity contribution < 1.29 is 43.2 Å². The number of hydrogen-bond acceptors (Lipinski definition) is 5. The fourth-order valence-corrected chi connectivity index (χ4v) is 2.15. The van der Waals surface area contributed by atoms with Crippen molar-refractivity contribution in [3.63, 3.8) is 0 Å². The van der Waals surface area contributed by atoms with E-state index >= 15 is 0 Å². The first-order valence-electron chi connectivity index (χ1n) is 3.73. The molecule has 0 saturated heterocycles. The molecular formula is C4H8F6N2O4S2. The third-order valence-corrected chi connectivity index (χ3v) is 3.80. The molecule has 0 aromatic heterocycles. The predicted octanol–water partition coefficient (Wildman–Crippen LogP) is 0.240. The minimum absolute atomic E-state index is 0.493. The Bertz CT molecular complexity index is 407. The van der Waals surface area contributed by atoms with Crippen molar-refractivity contribution in [3.8, 4) is 0 Å². The Kier molecular flexibility index (Phi) is 6.61. The van der Waals surface area contributed by atoms with E-state index < -0.39 is 35.2 Å². The summed E-state index contributed by atoms with van der Waals surface area (Å²) in [6.45, 7) is 2.65. The Morgan fingerprint density at radius 2 is 1.06 bits per heavy atom. The Morgan fingerprint density at radius 1 is 0.889 bits per heavy atom. The van der Waals surface area contributed by atoms with Crippen molar-refractivity contribution in [1.29, 1.82) is 0 Å². The first kappa shape index (κ1) is 19.7. The Labute approximate surface area is 98.2 Å². The van der Waals surface area contributed by atoms with Gasteiger partial charge in [0.25, 0.3) is 0 Å². The number of rotatable bonds is 2. The molecule has 18 heavy (non-hydrogen) atoms. The van der Waals surface area contributed by atoms with Gasteiger partial charge in [0.1, 0.15) is 0 Å². The highest BCUT2D eigenvalue weighted by atomic mass is 32.3. The number of halogens is 6. The zero-order valence-corrected chi connectivity index (χ0v) is 10.1. The van der Waals surface area contributed by atoms with Crippen LogP contribution >= 0.6 is 0 Å². The lowest BCUT2D eigenvalue weighted by molar-refractivity contribution is -0.0476. The molecule has 0 radical (unpaired) electrons. The average molecular weight is 326 g/mol. The van der Waals surface area contributed by atoms with Gasteiger partial charge in [-0.15, -0.1) is 0 Å².